The number of hydrogen-bond acceptors (Lipinski definition) is 3. The molecule has 3 aromatic carbocycles. The summed E-state index contributed by atoms with van der Waals surface area (Å²) in [4.78, 5) is 27.2. The smallest absolute Gasteiger partial charge is 0.227 e. The maximum atomic E-state index is 12.9. The fourth-order valence-electron chi connectivity index (χ4n) is 4.59. The van der Waals surface area contributed by atoms with E-state index in [-0.39, 0.29) is 11.8 Å². The average Bonchev–Trinajstić information content (AvgIpc) is 3.27. The van der Waals surface area contributed by atoms with Gasteiger partial charge < -0.3 is 15.4 Å². The minimum Gasteiger partial charge on any atom is -0.496 e. The molecule has 1 saturated heterocycles. The number of methoxy groups -OCH3 is 1. The quantitative estimate of drug-likeness (QED) is 0.597. The molecule has 1 fully saturated rings. The second-order valence-corrected chi connectivity index (χ2v) is 8.95. The van der Waals surface area contributed by atoms with Crippen LogP contribution in [0, 0.1) is 12.3 Å². The van der Waals surface area contributed by atoms with Gasteiger partial charge in [-0.05, 0) is 42.5 Å². The van der Waals surface area contributed by atoms with Gasteiger partial charge in [-0.1, -0.05) is 72.3 Å². The predicted molar refractivity (Wildman–Crippen MR) is 130 cm³/mol. The number of hydrogen-bond donors (Lipinski definition) is 1. The van der Waals surface area contributed by atoms with Crippen molar-refractivity contribution >= 4 is 11.8 Å². The fourth-order valence-corrected chi connectivity index (χ4v) is 4.59. The van der Waals surface area contributed by atoms with E-state index >= 15 is 0 Å². The van der Waals surface area contributed by atoms with Crippen molar-refractivity contribution in [1.29, 1.82) is 0 Å². The Balaban J connectivity index is 1.47. The van der Waals surface area contributed by atoms with E-state index < -0.39 is 5.41 Å². The number of carbonyl (C=O) groups excluding carboxylic acids is 2. The van der Waals surface area contributed by atoms with Crippen LogP contribution in [0.5, 0.6) is 5.75 Å². The number of aryl methyl sites for hydroxylation is 1. The van der Waals surface area contributed by atoms with Gasteiger partial charge in [0, 0.05) is 18.7 Å². The van der Waals surface area contributed by atoms with Crippen LogP contribution in [0.4, 0.5) is 0 Å². The third kappa shape index (κ3) is 4.92. The summed E-state index contributed by atoms with van der Waals surface area (Å²) in [6, 6.07) is 24.0. The molecule has 0 bridgehead atoms. The molecule has 170 valence electrons. The highest BCUT2D eigenvalue weighted by atomic mass is 16.5. The van der Waals surface area contributed by atoms with Crippen molar-refractivity contribution in [1.82, 2.24) is 4.90 Å². The van der Waals surface area contributed by atoms with Gasteiger partial charge in [0.1, 0.15) is 5.75 Å². The molecule has 0 unspecified atom stereocenters. The Labute approximate surface area is 195 Å². The van der Waals surface area contributed by atoms with Gasteiger partial charge >= 0.3 is 0 Å². The second-order valence-electron chi connectivity index (χ2n) is 8.95. The summed E-state index contributed by atoms with van der Waals surface area (Å²) >= 11 is 0. The summed E-state index contributed by atoms with van der Waals surface area (Å²) in [7, 11) is 1.66. The average molecular weight is 443 g/mol. The van der Waals surface area contributed by atoms with Crippen LogP contribution < -0.4 is 10.5 Å². The van der Waals surface area contributed by atoms with E-state index in [1.54, 1.807) is 12.0 Å². The van der Waals surface area contributed by atoms with Crippen molar-refractivity contribution in [2.45, 2.75) is 26.2 Å². The molecule has 0 aliphatic carbocycles. The zero-order valence-electron chi connectivity index (χ0n) is 19.2. The molecule has 33 heavy (non-hydrogen) atoms. The van der Waals surface area contributed by atoms with Crippen LogP contribution in [0.15, 0.2) is 72.8 Å². The summed E-state index contributed by atoms with van der Waals surface area (Å²) in [5.41, 5.74) is 10.4. The topological polar surface area (TPSA) is 72.6 Å². The van der Waals surface area contributed by atoms with Gasteiger partial charge in [0.2, 0.25) is 11.8 Å². The lowest BCUT2D eigenvalue weighted by atomic mass is 9.80. The van der Waals surface area contributed by atoms with Crippen LogP contribution in [0.2, 0.25) is 0 Å². The number of ether oxygens (including phenoxy) is 1. The van der Waals surface area contributed by atoms with Crippen LogP contribution in [-0.4, -0.2) is 36.9 Å². The van der Waals surface area contributed by atoms with Crippen LogP contribution in [0.25, 0.3) is 11.1 Å². The predicted octanol–water partition coefficient (Wildman–Crippen LogP) is 4.16. The standard InChI is InChI=1S/C28H30N2O3/c1-20-7-9-21(10-8-20)17-26(31)30-16-15-28(19-30,27(29)32)18-22-11-13-23(14-12-22)24-5-3-4-6-25(24)33-2/h3-14H,15-19H2,1-2H3,(H2,29,32)/t28-/m0/s1. The number of nitrogens with zero attached hydrogens (tertiary/aromatic N) is 1. The lowest BCUT2D eigenvalue weighted by molar-refractivity contribution is -0.131. The van der Waals surface area contributed by atoms with Gasteiger partial charge in [0.05, 0.1) is 18.9 Å². The molecule has 3 aromatic rings. The molecule has 0 saturated carbocycles. The largest absolute Gasteiger partial charge is 0.496 e. The number of carbonyl (C=O) groups is 2. The maximum absolute atomic E-state index is 12.9. The number of rotatable bonds is 7. The van der Waals surface area contributed by atoms with Gasteiger partial charge in [-0.3, -0.25) is 9.59 Å². The lowest BCUT2D eigenvalue weighted by Crippen LogP contribution is -2.42. The first-order valence-corrected chi connectivity index (χ1v) is 11.3. The Hall–Kier alpha value is -3.60. The Bertz CT molecular complexity index is 1140. The number of primary amides is 1. The lowest BCUT2D eigenvalue weighted by Gasteiger charge is -2.26. The molecule has 0 aromatic heterocycles. The van der Waals surface area contributed by atoms with Crippen molar-refractivity contribution < 1.29 is 14.3 Å². The van der Waals surface area contributed by atoms with Gasteiger partial charge in [-0.15, -0.1) is 0 Å². The van der Waals surface area contributed by atoms with E-state index in [0.717, 1.165) is 33.6 Å². The highest BCUT2D eigenvalue weighted by molar-refractivity contribution is 5.85. The summed E-state index contributed by atoms with van der Waals surface area (Å²) in [5.74, 6) is 0.507. The number of amides is 2. The van der Waals surface area contributed by atoms with Gasteiger partial charge in [-0.25, -0.2) is 0 Å². The van der Waals surface area contributed by atoms with Gasteiger partial charge in [0.25, 0.3) is 0 Å². The molecule has 0 radical (unpaired) electrons. The molecule has 4 rings (SSSR count). The zero-order chi connectivity index (χ0) is 23.4. The number of para-hydroxylation sites is 1. The third-order valence-corrected chi connectivity index (χ3v) is 6.62. The Kier molecular flexibility index (Phi) is 6.50. The molecule has 1 aliphatic heterocycles. The van der Waals surface area contributed by atoms with E-state index in [0.29, 0.717) is 32.4 Å². The molecule has 5 nitrogen and oxygen atoms in total. The minimum absolute atomic E-state index is 0.0356. The summed E-state index contributed by atoms with van der Waals surface area (Å²) < 4.78 is 5.47. The first kappa shape index (κ1) is 22.6. The minimum atomic E-state index is -0.741. The summed E-state index contributed by atoms with van der Waals surface area (Å²) in [6.07, 6.45) is 1.43. The summed E-state index contributed by atoms with van der Waals surface area (Å²) in [6.45, 7) is 2.93. The van der Waals surface area contributed by atoms with Crippen LogP contribution in [0.3, 0.4) is 0 Å². The second kappa shape index (κ2) is 9.49. The number of likely N-dealkylation sites (tertiary alicyclic amines) is 1. The number of benzene rings is 3. The molecule has 1 aliphatic rings. The van der Waals surface area contributed by atoms with E-state index in [4.69, 9.17) is 10.5 Å². The van der Waals surface area contributed by atoms with Crippen LogP contribution in [-0.2, 0) is 22.4 Å². The fraction of sp³-hybridized carbons (Fsp3) is 0.286. The molecule has 1 heterocycles. The maximum Gasteiger partial charge on any atom is 0.227 e. The third-order valence-electron chi connectivity index (χ3n) is 6.62. The summed E-state index contributed by atoms with van der Waals surface area (Å²) in [5, 5.41) is 0. The SMILES string of the molecule is COc1ccccc1-c1ccc(C[C@@]2(C(N)=O)CCN(C(=O)Cc3ccc(C)cc3)C2)cc1. The Morgan fingerprint density at radius 2 is 1.64 bits per heavy atom. The monoisotopic (exact) mass is 442 g/mol. The highest BCUT2D eigenvalue weighted by Gasteiger charge is 2.44. The molecule has 5 heteroatoms. The van der Waals surface area contributed by atoms with E-state index in [1.165, 1.54) is 0 Å². The number of nitrogens with two attached hydrogens (primary N) is 1. The molecule has 2 amide bonds. The van der Waals surface area contributed by atoms with Crippen molar-refractivity contribution in [3.63, 3.8) is 0 Å². The molecular weight excluding hydrogens is 412 g/mol. The Morgan fingerprint density at radius 3 is 2.30 bits per heavy atom. The first-order valence-electron chi connectivity index (χ1n) is 11.3. The van der Waals surface area contributed by atoms with Gasteiger partial charge in [0.15, 0.2) is 0 Å². The van der Waals surface area contributed by atoms with Crippen LogP contribution in [0.1, 0.15) is 23.1 Å². The van der Waals surface area contributed by atoms with Crippen molar-refractivity contribution in [3.05, 3.63) is 89.5 Å². The van der Waals surface area contributed by atoms with Crippen molar-refractivity contribution in [2.75, 3.05) is 20.2 Å². The van der Waals surface area contributed by atoms with Crippen molar-refractivity contribution in [2.24, 2.45) is 11.1 Å². The van der Waals surface area contributed by atoms with Crippen molar-refractivity contribution in [3.8, 4) is 16.9 Å². The molecule has 0 spiro atoms. The molecule has 1 atom stereocenters. The van der Waals surface area contributed by atoms with Crippen LogP contribution >= 0.6 is 0 Å². The normalized spacial score (nSPS) is 17.7. The van der Waals surface area contributed by atoms with E-state index in [1.807, 2.05) is 79.7 Å². The highest BCUT2D eigenvalue weighted by Crippen LogP contribution is 2.36. The Morgan fingerprint density at radius 1 is 0.970 bits per heavy atom. The molecular formula is C28H30N2O3. The molecule has 2 N–H and O–H groups in total. The zero-order valence-corrected chi connectivity index (χ0v) is 19.2. The van der Waals surface area contributed by atoms with E-state index in [9.17, 15) is 9.59 Å². The van der Waals surface area contributed by atoms with Gasteiger partial charge in [-0.2, -0.15) is 0 Å². The van der Waals surface area contributed by atoms with E-state index in [2.05, 4.69) is 0 Å². The first-order chi connectivity index (χ1) is 15.9.